The highest BCUT2D eigenvalue weighted by Gasteiger charge is 2.25. The molecular formula is C21H32IN5O2. The molecule has 1 aliphatic rings. The summed E-state index contributed by atoms with van der Waals surface area (Å²) < 4.78 is 11.2. The lowest BCUT2D eigenvalue weighted by atomic mass is 10.00. The Bertz CT molecular complexity index is 808. The van der Waals surface area contributed by atoms with Crippen LogP contribution in [0.1, 0.15) is 47.9 Å². The molecule has 160 valence electrons. The number of guanidine groups is 1. The molecule has 1 aliphatic heterocycles. The van der Waals surface area contributed by atoms with E-state index < -0.39 is 0 Å². The first-order valence-electron chi connectivity index (χ1n) is 10.1. The summed E-state index contributed by atoms with van der Waals surface area (Å²) in [6, 6.07) is 6.56. The second-order valence-corrected chi connectivity index (χ2v) is 7.24. The molecule has 2 heterocycles. The fraction of sp³-hybridized carbons (Fsp3) is 0.571. The molecule has 1 aromatic carbocycles. The molecular weight excluding hydrogens is 481 g/mol. The molecule has 29 heavy (non-hydrogen) atoms. The third-order valence-electron chi connectivity index (χ3n) is 4.85. The SMILES string of the molecule is CCNC(=NCCCc1nc(C)no1)N1CCOC(c2ccc(C)cc2C)C1.I. The summed E-state index contributed by atoms with van der Waals surface area (Å²) >= 11 is 0. The molecule has 7 nitrogen and oxygen atoms in total. The summed E-state index contributed by atoms with van der Waals surface area (Å²) in [5.74, 6) is 2.30. The van der Waals surface area contributed by atoms with E-state index in [-0.39, 0.29) is 30.1 Å². The Morgan fingerprint density at radius 3 is 2.83 bits per heavy atom. The third kappa shape index (κ3) is 6.67. The minimum atomic E-state index is 0. The summed E-state index contributed by atoms with van der Waals surface area (Å²) in [6.45, 7) is 12.1. The normalized spacial score (nSPS) is 17.2. The van der Waals surface area contributed by atoms with Gasteiger partial charge in [0.15, 0.2) is 11.8 Å². The van der Waals surface area contributed by atoms with E-state index >= 15 is 0 Å². The number of ether oxygens (including phenoxy) is 1. The summed E-state index contributed by atoms with van der Waals surface area (Å²) in [5, 5.41) is 7.25. The van der Waals surface area contributed by atoms with Crippen LogP contribution in [0.5, 0.6) is 0 Å². The first-order chi connectivity index (χ1) is 13.6. The number of hydrogen-bond acceptors (Lipinski definition) is 5. The minimum Gasteiger partial charge on any atom is -0.370 e. The Hall–Kier alpha value is -1.68. The van der Waals surface area contributed by atoms with Crippen molar-refractivity contribution in [2.75, 3.05) is 32.8 Å². The zero-order valence-electron chi connectivity index (χ0n) is 17.8. The van der Waals surface area contributed by atoms with Gasteiger partial charge in [0.1, 0.15) is 6.10 Å². The quantitative estimate of drug-likeness (QED) is 0.276. The number of aromatic nitrogens is 2. The minimum absolute atomic E-state index is 0. The van der Waals surface area contributed by atoms with Crippen molar-refractivity contribution in [1.82, 2.24) is 20.4 Å². The number of aliphatic imine (C=N–C) groups is 1. The maximum atomic E-state index is 6.08. The first kappa shape index (κ1) is 23.6. The van der Waals surface area contributed by atoms with E-state index in [2.05, 4.69) is 59.3 Å². The van der Waals surface area contributed by atoms with Gasteiger partial charge < -0.3 is 19.5 Å². The van der Waals surface area contributed by atoms with Crippen LogP contribution in [-0.2, 0) is 11.2 Å². The molecule has 0 bridgehead atoms. The monoisotopic (exact) mass is 513 g/mol. The number of halogens is 1. The molecule has 1 aromatic heterocycles. The van der Waals surface area contributed by atoms with Crippen molar-refractivity contribution < 1.29 is 9.26 Å². The van der Waals surface area contributed by atoms with Gasteiger partial charge in [-0.3, -0.25) is 4.99 Å². The van der Waals surface area contributed by atoms with Crippen LogP contribution >= 0.6 is 24.0 Å². The predicted molar refractivity (Wildman–Crippen MR) is 125 cm³/mol. The average molecular weight is 513 g/mol. The van der Waals surface area contributed by atoms with Gasteiger partial charge in [-0.1, -0.05) is 28.9 Å². The standard InChI is InChI=1S/C21H31N5O2.HI/c1-5-22-21(23-10-6-7-20-24-17(4)25-28-20)26-11-12-27-19(14-26)18-9-8-15(2)13-16(18)3;/h8-9,13,19H,5-7,10-12,14H2,1-4H3,(H,22,23);1H. The Kier molecular flexibility index (Phi) is 9.35. The summed E-state index contributed by atoms with van der Waals surface area (Å²) in [5.41, 5.74) is 3.82. The highest BCUT2D eigenvalue weighted by molar-refractivity contribution is 14.0. The van der Waals surface area contributed by atoms with Crippen LogP contribution < -0.4 is 5.32 Å². The topological polar surface area (TPSA) is 75.8 Å². The number of benzene rings is 1. The molecule has 1 N–H and O–H groups in total. The Labute approximate surface area is 190 Å². The van der Waals surface area contributed by atoms with E-state index in [1.165, 1.54) is 16.7 Å². The fourth-order valence-electron chi connectivity index (χ4n) is 3.50. The molecule has 3 rings (SSSR count). The van der Waals surface area contributed by atoms with Gasteiger partial charge in [-0.05, 0) is 45.2 Å². The molecule has 0 spiro atoms. The van der Waals surface area contributed by atoms with Crippen LogP contribution in [0.4, 0.5) is 0 Å². The fourth-order valence-corrected chi connectivity index (χ4v) is 3.50. The molecule has 0 radical (unpaired) electrons. The van der Waals surface area contributed by atoms with Gasteiger partial charge in [-0.25, -0.2) is 0 Å². The van der Waals surface area contributed by atoms with Crippen LogP contribution in [0.25, 0.3) is 0 Å². The predicted octanol–water partition coefficient (Wildman–Crippen LogP) is 3.58. The summed E-state index contributed by atoms with van der Waals surface area (Å²) in [4.78, 5) is 11.4. The van der Waals surface area contributed by atoms with Crippen molar-refractivity contribution in [3.63, 3.8) is 0 Å². The highest BCUT2D eigenvalue weighted by atomic mass is 127. The lowest BCUT2D eigenvalue weighted by Crippen LogP contribution is -2.48. The van der Waals surface area contributed by atoms with Gasteiger partial charge in [-0.2, -0.15) is 4.98 Å². The first-order valence-corrected chi connectivity index (χ1v) is 10.1. The molecule has 2 aromatic rings. The number of nitrogens with zero attached hydrogens (tertiary/aromatic N) is 4. The van der Waals surface area contributed by atoms with Crippen LogP contribution in [0.3, 0.4) is 0 Å². The van der Waals surface area contributed by atoms with Gasteiger partial charge >= 0.3 is 0 Å². The van der Waals surface area contributed by atoms with E-state index in [1.807, 2.05) is 6.92 Å². The van der Waals surface area contributed by atoms with Crippen molar-refractivity contribution in [3.05, 3.63) is 46.6 Å². The van der Waals surface area contributed by atoms with Gasteiger partial charge in [0.05, 0.1) is 13.2 Å². The lowest BCUT2D eigenvalue weighted by Gasteiger charge is -2.36. The molecule has 1 unspecified atom stereocenters. The van der Waals surface area contributed by atoms with Crippen LogP contribution in [0.2, 0.25) is 0 Å². The van der Waals surface area contributed by atoms with Crippen molar-refractivity contribution in [2.45, 2.75) is 46.6 Å². The summed E-state index contributed by atoms with van der Waals surface area (Å²) in [6.07, 6.45) is 1.69. The Balaban J connectivity index is 0.00000300. The molecule has 0 aliphatic carbocycles. The van der Waals surface area contributed by atoms with Crippen LogP contribution in [-0.4, -0.2) is 53.8 Å². The zero-order valence-corrected chi connectivity index (χ0v) is 20.1. The smallest absolute Gasteiger partial charge is 0.226 e. The Morgan fingerprint density at radius 1 is 1.31 bits per heavy atom. The average Bonchev–Trinajstić information content (AvgIpc) is 3.09. The molecule has 1 atom stereocenters. The lowest BCUT2D eigenvalue weighted by molar-refractivity contribution is -0.00833. The number of rotatable bonds is 6. The van der Waals surface area contributed by atoms with E-state index in [9.17, 15) is 0 Å². The van der Waals surface area contributed by atoms with Gasteiger partial charge in [0, 0.05) is 26.1 Å². The highest BCUT2D eigenvalue weighted by Crippen LogP contribution is 2.25. The number of nitrogens with one attached hydrogen (secondary N) is 1. The molecule has 1 fully saturated rings. The van der Waals surface area contributed by atoms with Crippen molar-refractivity contribution >= 4 is 29.9 Å². The van der Waals surface area contributed by atoms with E-state index in [1.54, 1.807) is 0 Å². The largest absolute Gasteiger partial charge is 0.370 e. The van der Waals surface area contributed by atoms with E-state index in [0.29, 0.717) is 18.3 Å². The van der Waals surface area contributed by atoms with Crippen LogP contribution in [0.15, 0.2) is 27.7 Å². The van der Waals surface area contributed by atoms with Crippen molar-refractivity contribution in [2.24, 2.45) is 4.99 Å². The number of hydrogen-bond donors (Lipinski definition) is 1. The number of aryl methyl sites for hydroxylation is 4. The van der Waals surface area contributed by atoms with Gasteiger partial charge in [0.25, 0.3) is 0 Å². The van der Waals surface area contributed by atoms with Crippen LogP contribution in [0, 0.1) is 20.8 Å². The summed E-state index contributed by atoms with van der Waals surface area (Å²) in [7, 11) is 0. The molecule has 0 saturated carbocycles. The Morgan fingerprint density at radius 2 is 2.14 bits per heavy atom. The van der Waals surface area contributed by atoms with Crippen molar-refractivity contribution in [3.8, 4) is 0 Å². The number of morpholine rings is 1. The maximum Gasteiger partial charge on any atom is 0.226 e. The molecule has 8 heteroatoms. The van der Waals surface area contributed by atoms with E-state index in [0.717, 1.165) is 45.0 Å². The second kappa shape index (κ2) is 11.5. The molecule has 0 amide bonds. The maximum absolute atomic E-state index is 6.08. The van der Waals surface area contributed by atoms with Crippen molar-refractivity contribution in [1.29, 1.82) is 0 Å². The van der Waals surface area contributed by atoms with Gasteiger partial charge in [0.2, 0.25) is 5.89 Å². The zero-order chi connectivity index (χ0) is 19.9. The third-order valence-corrected chi connectivity index (χ3v) is 4.85. The van der Waals surface area contributed by atoms with Gasteiger partial charge in [-0.15, -0.1) is 24.0 Å². The second-order valence-electron chi connectivity index (χ2n) is 7.24. The molecule has 1 saturated heterocycles. The van der Waals surface area contributed by atoms with E-state index in [4.69, 9.17) is 14.3 Å².